The first-order chi connectivity index (χ1) is 16.7. The van der Waals surface area contributed by atoms with Gasteiger partial charge in [-0.05, 0) is 123 Å². The van der Waals surface area contributed by atoms with E-state index in [9.17, 15) is 0 Å². The van der Waals surface area contributed by atoms with Gasteiger partial charge in [0.25, 0.3) is 0 Å². The molecule has 0 spiro atoms. The van der Waals surface area contributed by atoms with Crippen molar-refractivity contribution in [1.29, 1.82) is 0 Å². The highest BCUT2D eigenvalue weighted by molar-refractivity contribution is 5.39. The quantitative estimate of drug-likeness (QED) is 0.356. The maximum Gasteiger partial charge on any atom is 0.0249 e. The average molecular weight is 459 g/mol. The third-order valence-electron chi connectivity index (χ3n) is 9.81. The molecule has 3 aliphatic carbocycles. The van der Waals surface area contributed by atoms with Gasteiger partial charge >= 0.3 is 0 Å². The van der Waals surface area contributed by atoms with E-state index in [1.54, 1.807) is 0 Å². The van der Waals surface area contributed by atoms with Crippen molar-refractivity contribution in [2.45, 2.75) is 122 Å². The molecule has 0 heteroatoms. The summed E-state index contributed by atoms with van der Waals surface area (Å²) < 4.78 is 0. The van der Waals surface area contributed by atoms with Crippen LogP contribution in [0, 0.1) is 41.4 Å². The molecule has 3 saturated carbocycles. The SMILES string of the molecule is CCCC[C@H]1CC[C@H]([C@H]2CC[C@H](C=CC#Cc3ccc([C@H]4CC[C@H](CC)CC4)cc3)CC2)CC1. The summed E-state index contributed by atoms with van der Waals surface area (Å²) in [6.45, 7) is 4.68. The van der Waals surface area contributed by atoms with Crippen molar-refractivity contribution in [3.63, 3.8) is 0 Å². The van der Waals surface area contributed by atoms with Crippen LogP contribution in [-0.4, -0.2) is 0 Å². The van der Waals surface area contributed by atoms with Crippen molar-refractivity contribution >= 4 is 0 Å². The number of benzene rings is 1. The summed E-state index contributed by atoms with van der Waals surface area (Å²) in [6, 6.07) is 9.15. The molecule has 0 aliphatic heterocycles. The lowest BCUT2D eigenvalue weighted by atomic mass is 9.68. The van der Waals surface area contributed by atoms with Gasteiger partial charge in [-0.1, -0.05) is 82.4 Å². The normalized spacial score (nSPS) is 32.3. The van der Waals surface area contributed by atoms with Gasteiger partial charge in [-0.15, -0.1) is 0 Å². The van der Waals surface area contributed by atoms with Crippen LogP contribution in [0.4, 0.5) is 0 Å². The van der Waals surface area contributed by atoms with Crippen molar-refractivity contribution in [3.05, 3.63) is 47.5 Å². The zero-order valence-electron chi connectivity index (χ0n) is 22.2. The molecule has 0 N–H and O–H groups in total. The Balaban J connectivity index is 1.16. The summed E-state index contributed by atoms with van der Waals surface area (Å²) in [6.07, 6.45) is 27.5. The molecule has 3 fully saturated rings. The highest BCUT2D eigenvalue weighted by Crippen LogP contribution is 2.42. The molecule has 3 aliphatic rings. The van der Waals surface area contributed by atoms with Gasteiger partial charge in [0.1, 0.15) is 0 Å². The second kappa shape index (κ2) is 13.6. The molecule has 0 atom stereocenters. The third-order valence-corrected chi connectivity index (χ3v) is 9.81. The molecule has 0 nitrogen and oxygen atoms in total. The minimum Gasteiger partial charge on any atom is -0.0730 e. The summed E-state index contributed by atoms with van der Waals surface area (Å²) in [5.41, 5.74) is 2.69. The Labute approximate surface area is 211 Å². The lowest BCUT2D eigenvalue weighted by Gasteiger charge is -2.37. The van der Waals surface area contributed by atoms with Gasteiger partial charge in [0.05, 0.1) is 0 Å². The Bertz CT molecular complexity index is 779. The molecule has 0 unspecified atom stereocenters. The zero-order valence-corrected chi connectivity index (χ0v) is 22.2. The van der Waals surface area contributed by atoms with Gasteiger partial charge in [0.2, 0.25) is 0 Å². The zero-order chi connectivity index (χ0) is 23.6. The predicted molar refractivity (Wildman–Crippen MR) is 148 cm³/mol. The van der Waals surface area contributed by atoms with E-state index in [1.165, 1.54) is 108 Å². The van der Waals surface area contributed by atoms with E-state index in [-0.39, 0.29) is 0 Å². The topological polar surface area (TPSA) is 0 Å². The van der Waals surface area contributed by atoms with Crippen molar-refractivity contribution in [2.75, 3.05) is 0 Å². The van der Waals surface area contributed by atoms with Crippen LogP contribution in [0.1, 0.15) is 134 Å². The van der Waals surface area contributed by atoms with Gasteiger partial charge in [-0.25, -0.2) is 0 Å². The summed E-state index contributed by atoms with van der Waals surface area (Å²) in [4.78, 5) is 0. The van der Waals surface area contributed by atoms with Gasteiger partial charge in [-0.3, -0.25) is 0 Å². The molecule has 1 aromatic carbocycles. The van der Waals surface area contributed by atoms with Crippen LogP contribution in [0.25, 0.3) is 0 Å². The molecule has 0 saturated heterocycles. The molecule has 0 radical (unpaired) electrons. The Morgan fingerprint density at radius 2 is 1.35 bits per heavy atom. The van der Waals surface area contributed by atoms with Gasteiger partial charge in [0, 0.05) is 5.56 Å². The highest BCUT2D eigenvalue weighted by Gasteiger charge is 2.30. The first kappa shape index (κ1) is 25.6. The molecule has 0 heterocycles. The second-order valence-corrected chi connectivity index (χ2v) is 12.0. The van der Waals surface area contributed by atoms with Gasteiger partial charge < -0.3 is 0 Å². The minimum atomic E-state index is 0.757. The predicted octanol–water partition coefficient (Wildman–Crippen LogP) is 10.1. The van der Waals surface area contributed by atoms with Crippen LogP contribution in [0.3, 0.4) is 0 Å². The number of allylic oxidation sites excluding steroid dienone is 2. The maximum atomic E-state index is 3.37. The molecule has 0 amide bonds. The summed E-state index contributed by atoms with van der Waals surface area (Å²) >= 11 is 0. The first-order valence-corrected chi connectivity index (χ1v) is 15.0. The fourth-order valence-electron chi connectivity index (χ4n) is 7.30. The summed E-state index contributed by atoms with van der Waals surface area (Å²) in [5, 5.41) is 0. The van der Waals surface area contributed by atoms with E-state index >= 15 is 0 Å². The monoisotopic (exact) mass is 458 g/mol. The second-order valence-electron chi connectivity index (χ2n) is 12.0. The number of hydrogen-bond acceptors (Lipinski definition) is 0. The lowest BCUT2D eigenvalue weighted by Crippen LogP contribution is -2.25. The van der Waals surface area contributed by atoms with Crippen LogP contribution in [-0.2, 0) is 0 Å². The average Bonchev–Trinajstić information content (AvgIpc) is 2.91. The number of rotatable bonds is 7. The van der Waals surface area contributed by atoms with Crippen molar-refractivity contribution in [3.8, 4) is 11.8 Å². The van der Waals surface area contributed by atoms with Crippen molar-refractivity contribution in [2.24, 2.45) is 29.6 Å². The number of unbranched alkanes of at least 4 members (excludes halogenated alkanes) is 1. The van der Waals surface area contributed by atoms with Crippen molar-refractivity contribution < 1.29 is 0 Å². The van der Waals surface area contributed by atoms with Crippen molar-refractivity contribution in [1.82, 2.24) is 0 Å². The maximum absolute atomic E-state index is 3.37. The fraction of sp³-hybridized carbons (Fsp3) is 0.706. The fourth-order valence-corrected chi connectivity index (χ4v) is 7.30. The van der Waals surface area contributed by atoms with E-state index in [0.29, 0.717) is 0 Å². The largest absolute Gasteiger partial charge is 0.0730 e. The first-order valence-electron chi connectivity index (χ1n) is 15.0. The molecular weight excluding hydrogens is 408 g/mol. The minimum absolute atomic E-state index is 0.757. The Hall–Kier alpha value is -1.48. The molecule has 4 rings (SSSR count). The van der Waals surface area contributed by atoms with E-state index < -0.39 is 0 Å². The molecule has 34 heavy (non-hydrogen) atoms. The van der Waals surface area contributed by atoms with Crippen LogP contribution in [0.5, 0.6) is 0 Å². The molecule has 0 aromatic heterocycles. The van der Waals surface area contributed by atoms with Gasteiger partial charge in [0.15, 0.2) is 0 Å². The highest BCUT2D eigenvalue weighted by atomic mass is 14.4. The third kappa shape index (κ3) is 7.51. The smallest absolute Gasteiger partial charge is 0.0249 e. The Morgan fingerprint density at radius 1 is 0.735 bits per heavy atom. The number of hydrogen-bond donors (Lipinski definition) is 0. The van der Waals surface area contributed by atoms with E-state index in [2.05, 4.69) is 62.1 Å². The lowest BCUT2D eigenvalue weighted by molar-refractivity contribution is 0.152. The van der Waals surface area contributed by atoms with E-state index in [4.69, 9.17) is 0 Å². The molecule has 186 valence electrons. The van der Waals surface area contributed by atoms with E-state index in [0.717, 1.165) is 41.1 Å². The standard InChI is InChI=1S/C34H50/c1-3-5-8-28-13-21-33(22-14-28)34-25-17-30(18-26-34)10-7-6-9-29-15-23-32(24-16-29)31-19-11-27(4-2)12-20-31/h7,10,15-16,23-24,27-28,30-31,33-34H,3-5,8,11-14,17-22,25-26H2,1-2H3/t27-,28-,30-,31-,33-,34-. The Morgan fingerprint density at radius 3 is 1.97 bits per heavy atom. The van der Waals surface area contributed by atoms with Crippen LogP contribution < -0.4 is 0 Å². The van der Waals surface area contributed by atoms with Crippen LogP contribution in [0.2, 0.25) is 0 Å². The molecular formula is C34H50. The van der Waals surface area contributed by atoms with Gasteiger partial charge in [-0.2, -0.15) is 0 Å². The Kier molecular flexibility index (Phi) is 10.2. The molecule has 1 aromatic rings. The van der Waals surface area contributed by atoms with E-state index in [1.807, 2.05) is 0 Å². The summed E-state index contributed by atoms with van der Waals surface area (Å²) in [7, 11) is 0. The molecule has 0 bridgehead atoms. The van der Waals surface area contributed by atoms with Crippen LogP contribution >= 0.6 is 0 Å². The summed E-state index contributed by atoms with van der Waals surface area (Å²) in [5.74, 6) is 12.3. The van der Waals surface area contributed by atoms with Crippen LogP contribution in [0.15, 0.2) is 36.4 Å².